The molecule has 0 spiro atoms. The highest BCUT2D eigenvalue weighted by molar-refractivity contribution is 5.99. The molecule has 7 heteroatoms. The van der Waals surface area contributed by atoms with Crippen molar-refractivity contribution < 1.29 is 9.59 Å². The third-order valence-electron chi connectivity index (χ3n) is 4.80. The first kappa shape index (κ1) is 20.5. The van der Waals surface area contributed by atoms with E-state index in [9.17, 15) is 14.4 Å². The van der Waals surface area contributed by atoms with Crippen molar-refractivity contribution in [3.63, 3.8) is 0 Å². The summed E-state index contributed by atoms with van der Waals surface area (Å²) in [6.45, 7) is 4.18. The van der Waals surface area contributed by atoms with E-state index in [-0.39, 0.29) is 24.1 Å². The Labute approximate surface area is 169 Å². The van der Waals surface area contributed by atoms with Gasteiger partial charge in [-0.05, 0) is 43.4 Å². The van der Waals surface area contributed by atoms with E-state index < -0.39 is 11.5 Å². The molecular weight excluding hydrogens is 368 g/mol. The van der Waals surface area contributed by atoms with Crippen LogP contribution in [0, 0.1) is 6.92 Å². The van der Waals surface area contributed by atoms with Gasteiger partial charge in [-0.1, -0.05) is 25.1 Å². The normalized spacial score (nSPS) is 13.5. The van der Waals surface area contributed by atoms with Crippen molar-refractivity contribution in [2.45, 2.75) is 45.7 Å². The van der Waals surface area contributed by atoms with Gasteiger partial charge in [0.1, 0.15) is 5.56 Å². The quantitative estimate of drug-likeness (QED) is 0.707. The number of pyridine rings is 1. The highest BCUT2D eigenvalue weighted by Crippen LogP contribution is 2.25. The summed E-state index contributed by atoms with van der Waals surface area (Å²) < 4.78 is 1.41. The lowest BCUT2D eigenvalue weighted by atomic mass is 10.1. The molecule has 2 N–H and O–H groups in total. The van der Waals surface area contributed by atoms with Crippen LogP contribution in [0.4, 0.5) is 5.69 Å². The second-order valence-corrected chi connectivity index (χ2v) is 7.20. The maximum Gasteiger partial charge on any atom is 0.263 e. The smallest absolute Gasteiger partial charge is 0.263 e. The van der Waals surface area contributed by atoms with Crippen LogP contribution in [-0.4, -0.2) is 35.7 Å². The van der Waals surface area contributed by atoms with Crippen molar-refractivity contribution in [1.29, 1.82) is 0 Å². The Hall–Kier alpha value is -3.22. The summed E-state index contributed by atoms with van der Waals surface area (Å²) in [5, 5.41) is 5.38. The van der Waals surface area contributed by atoms with Gasteiger partial charge in [0.15, 0.2) is 0 Å². The van der Waals surface area contributed by atoms with Gasteiger partial charge in [0.05, 0.1) is 17.8 Å². The molecule has 0 atom stereocenters. The van der Waals surface area contributed by atoms with Gasteiger partial charge >= 0.3 is 0 Å². The topological polar surface area (TPSA) is 92.6 Å². The monoisotopic (exact) mass is 394 g/mol. The molecule has 152 valence electrons. The first-order valence-electron chi connectivity index (χ1n) is 9.83. The van der Waals surface area contributed by atoms with Crippen LogP contribution in [0.25, 0.3) is 0 Å². The van der Waals surface area contributed by atoms with E-state index in [0.717, 1.165) is 36.1 Å². The summed E-state index contributed by atoms with van der Waals surface area (Å²) in [5.74, 6) is -0.793. The summed E-state index contributed by atoms with van der Waals surface area (Å²) in [6, 6.07) is 7.31. The van der Waals surface area contributed by atoms with Crippen molar-refractivity contribution >= 4 is 23.7 Å². The molecule has 0 unspecified atom stereocenters. The van der Waals surface area contributed by atoms with E-state index in [1.807, 2.05) is 38.3 Å². The largest absolute Gasteiger partial charge is 0.355 e. The molecule has 0 saturated heterocycles. The molecule has 0 aliphatic heterocycles. The number of carbonyl (C=O) groups is 2. The average Bonchev–Trinajstić information content (AvgIpc) is 3.52. The zero-order valence-corrected chi connectivity index (χ0v) is 17.0. The number of hydrogen-bond acceptors (Lipinski definition) is 4. The summed E-state index contributed by atoms with van der Waals surface area (Å²) >= 11 is 0. The zero-order chi connectivity index (χ0) is 21.0. The number of amides is 2. The average molecular weight is 394 g/mol. The molecule has 0 bridgehead atoms. The Balaban J connectivity index is 2.05. The molecule has 7 nitrogen and oxygen atoms in total. The van der Waals surface area contributed by atoms with Crippen LogP contribution in [0.2, 0.25) is 0 Å². The van der Waals surface area contributed by atoms with E-state index in [0.29, 0.717) is 5.56 Å². The fourth-order valence-corrected chi connectivity index (χ4v) is 3.07. The lowest BCUT2D eigenvalue weighted by Crippen LogP contribution is -2.34. The van der Waals surface area contributed by atoms with Crippen molar-refractivity contribution in [2.24, 2.45) is 4.99 Å². The van der Waals surface area contributed by atoms with Gasteiger partial charge in [-0.15, -0.1) is 0 Å². The minimum atomic E-state index is -0.515. The minimum absolute atomic E-state index is 0.0535. The molecule has 1 fully saturated rings. The van der Waals surface area contributed by atoms with Gasteiger partial charge < -0.3 is 15.2 Å². The maximum atomic E-state index is 12.9. The molecule has 1 saturated carbocycles. The molecule has 29 heavy (non-hydrogen) atoms. The van der Waals surface area contributed by atoms with Crippen molar-refractivity contribution in [1.82, 2.24) is 15.2 Å². The van der Waals surface area contributed by atoms with Crippen molar-refractivity contribution in [3.05, 3.63) is 63.1 Å². The number of carbonyl (C=O) groups excluding carboxylic acids is 2. The third kappa shape index (κ3) is 4.80. The van der Waals surface area contributed by atoms with Crippen molar-refractivity contribution in [3.8, 4) is 0 Å². The van der Waals surface area contributed by atoms with Crippen LogP contribution >= 0.6 is 0 Å². The number of aliphatic imine (C=N–C) groups is 1. The molecular formula is C22H26N4O3. The molecule has 2 amide bonds. The van der Waals surface area contributed by atoms with E-state index in [1.54, 1.807) is 0 Å². The number of para-hydroxylation sites is 1. The molecule has 1 aliphatic rings. The fraction of sp³-hybridized carbons (Fsp3) is 0.364. The summed E-state index contributed by atoms with van der Waals surface area (Å²) in [4.78, 5) is 42.2. The number of aryl methyl sites for hydroxylation is 1. The number of nitrogens with one attached hydrogen (secondary N) is 2. The van der Waals surface area contributed by atoms with E-state index >= 15 is 0 Å². The molecule has 1 aromatic carbocycles. The van der Waals surface area contributed by atoms with E-state index in [2.05, 4.69) is 15.6 Å². The Morgan fingerprint density at radius 1 is 1.28 bits per heavy atom. The lowest BCUT2D eigenvalue weighted by Gasteiger charge is -2.14. The number of hydrogen-bond donors (Lipinski definition) is 2. The van der Waals surface area contributed by atoms with Gasteiger partial charge in [-0.25, -0.2) is 0 Å². The Morgan fingerprint density at radius 2 is 2.03 bits per heavy atom. The number of aromatic nitrogens is 1. The summed E-state index contributed by atoms with van der Waals surface area (Å²) in [7, 11) is 1.46. The molecule has 3 rings (SSSR count). The zero-order valence-electron chi connectivity index (χ0n) is 17.0. The predicted octanol–water partition coefficient (Wildman–Crippen LogP) is 2.57. The Morgan fingerprint density at radius 3 is 2.69 bits per heavy atom. The van der Waals surface area contributed by atoms with Crippen LogP contribution in [0.3, 0.4) is 0 Å². The minimum Gasteiger partial charge on any atom is -0.355 e. The maximum absolute atomic E-state index is 12.9. The third-order valence-corrected chi connectivity index (χ3v) is 4.80. The van der Waals surface area contributed by atoms with Crippen LogP contribution in [0.1, 0.15) is 58.0 Å². The molecule has 2 aromatic rings. The molecule has 0 radical (unpaired) electrons. The number of nitrogens with zero attached hydrogens (tertiary/aromatic N) is 2. The highest BCUT2D eigenvalue weighted by Gasteiger charge is 2.25. The first-order chi connectivity index (χ1) is 13.9. The fourth-order valence-electron chi connectivity index (χ4n) is 3.07. The Kier molecular flexibility index (Phi) is 6.26. The van der Waals surface area contributed by atoms with Gasteiger partial charge in [0.2, 0.25) is 0 Å². The van der Waals surface area contributed by atoms with Crippen molar-refractivity contribution in [2.75, 3.05) is 7.05 Å². The van der Waals surface area contributed by atoms with Crippen LogP contribution in [0.15, 0.2) is 40.2 Å². The second kappa shape index (κ2) is 8.86. The number of rotatable bonds is 7. The number of benzene rings is 1. The van der Waals surface area contributed by atoms with Gasteiger partial charge in [-0.2, -0.15) is 0 Å². The van der Waals surface area contributed by atoms with Crippen LogP contribution in [0.5, 0.6) is 0 Å². The van der Waals surface area contributed by atoms with E-state index in [1.165, 1.54) is 23.9 Å². The van der Waals surface area contributed by atoms with E-state index in [4.69, 9.17) is 0 Å². The molecule has 1 aromatic heterocycles. The molecule has 1 aliphatic carbocycles. The predicted molar refractivity (Wildman–Crippen MR) is 113 cm³/mol. The SMILES string of the molecule is CCC=Nc1c(C)cccc1Cn1cc(C(=O)NC2CC2)cc(C(=O)NC)c1=O. The highest BCUT2D eigenvalue weighted by atomic mass is 16.2. The van der Waals surface area contributed by atoms with Crippen LogP contribution < -0.4 is 16.2 Å². The second-order valence-electron chi connectivity index (χ2n) is 7.20. The molecule has 1 heterocycles. The summed E-state index contributed by atoms with van der Waals surface area (Å²) in [5.41, 5.74) is 2.44. The lowest BCUT2D eigenvalue weighted by molar-refractivity contribution is 0.0950. The van der Waals surface area contributed by atoms with Gasteiger partial charge in [0, 0.05) is 25.5 Å². The van der Waals surface area contributed by atoms with Crippen LogP contribution in [-0.2, 0) is 6.54 Å². The van der Waals surface area contributed by atoms with Gasteiger partial charge in [-0.3, -0.25) is 19.4 Å². The first-order valence-corrected chi connectivity index (χ1v) is 9.83. The standard InChI is InChI=1S/C22H26N4O3/c1-4-10-24-19-14(2)6-5-7-15(19)12-26-13-16(20(27)25-17-8-9-17)11-18(22(26)29)21(28)23-3/h5-7,10-11,13,17H,4,8-9,12H2,1-3H3,(H,23,28)(H,25,27). The summed E-state index contributed by atoms with van der Waals surface area (Å²) in [6.07, 6.45) is 6.04. The van der Waals surface area contributed by atoms with Gasteiger partial charge in [0.25, 0.3) is 17.4 Å². The Bertz CT molecular complexity index is 1020.